The molecule has 0 spiro atoms. The van der Waals surface area contributed by atoms with Crippen molar-refractivity contribution in [2.24, 2.45) is 0 Å². The van der Waals surface area contributed by atoms with E-state index in [2.05, 4.69) is 26.6 Å². The van der Waals surface area contributed by atoms with Crippen molar-refractivity contribution in [3.8, 4) is 11.5 Å². The minimum atomic E-state index is -0.282. The molecule has 0 aliphatic heterocycles. The van der Waals surface area contributed by atoms with E-state index in [9.17, 15) is 4.79 Å². The molecular weight excluding hydrogens is 440 g/mol. The highest BCUT2D eigenvalue weighted by Crippen LogP contribution is 2.26. The Bertz CT molecular complexity index is 823. The van der Waals surface area contributed by atoms with Gasteiger partial charge in [0.05, 0.1) is 16.7 Å². The van der Waals surface area contributed by atoms with E-state index < -0.39 is 0 Å². The van der Waals surface area contributed by atoms with E-state index in [1.165, 1.54) is 0 Å². The third-order valence-corrected chi connectivity index (χ3v) is 4.40. The maximum atomic E-state index is 12.4. The molecular formula is C21H25BrN2O3S. The Hall–Kier alpha value is -2.12. The lowest BCUT2D eigenvalue weighted by Gasteiger charge is -2.13. The molecule has 2 N–H and O–H groups in total. The molecule has 0 aliphatic rings. The Morgan fingerprint density at radius 1 is 1.04 bits per heavy atom. The zero-order valence-electron chi connectivity index (χ0n) is 16.4. The number of halogens is 1. The average Bonchev–Trinajstić information content (AvgIpc) is 2.62. The first kappa shape index (κ1) is 22.2. The first-order valence-electron chi connectivity index (χ1n) is 9.05. The SMILES string of the molecule is CC(C)Oc1ccc(CNC(=S)NC(=O)c2ccc(OC(C)C)c(Br)c2)cc1. The molecule has 5 nitrogen and oxygen atoms in total. The Morgan fingerprint density at radius 3 is 2.25 bits per heavy atom. The molecule has 2 rings (SSSR count). The Morgan fingerprint density at radius 2 is 1.68 bits per heavy atom. The van der Waals surface area contributed by atoms with Crippen molar-refractivity contribution in [2.45, 2.75) is 46.4 Å². The molecule has 1 amide bonds. The van der Waals surface area contributed by atoms with E-state index in [-0.39, 0.29) is 23.2 Å². The van der Waals surface area contributed by atoms with Gasteiger partial charge < -0.3 is 14.8 Å². The van der Waals surface area contributed by atoms with Crippen LogP contribution in [-0.4, -0.2) is 23.2 Å². The number of carbonyl (C=O) groups excluding carboxylic acids is 1. The fraction of sp³-hybridized carbons (Fsp3) is 0.333. The van der Waals surface area contributed by atoms with Gasteiger partial charge in [-0.15, -0.1) is 0 Å². The monoisotopic (exact) mass is 464 g/mol. The fourth-order valence-corrected chi connectivity index (χ4v) is 2.99. The van der Waals surface area contributed by atoms with Gasteiger partial charge in [0.15, 0.2) is 5.11 Å². The van der Waals surface area contributed by atoms with E-state index in [0.29, 0.717) is 17.9 Å². The smallest absolute Gasteiger partial charge is 0.257 e. The lowest BCUT2D eigenvalue weighted by Crippen LogP contribution is -2.38. The summed E-state index contributed by atoms with van der Waals surface area (Å²) in [5.74, 6) is 1.23. The first-order valence-corrected chi connectivity index (χ1v) is 10.3. The quantitative estimate of drug-likeness (QED) is 0.574. The molecule has 0 aromatic heterocycles. The summed E-state index contributed by atoms with van der Waals surface area (Å²) in [4.78, 5) is 12.4. The van der Waals surface area contributed by atoms with Gasteiger partial charge in [-0.1, -0.05) is 12.1 Å². The Balaban J connectivity index is 1.87. The summed E-state index contributed by atoms with van der Waals surface area (Å²) in [7, 11) is 0. The van der Waals surface area contributed by atoms with Crippen LogP contribution < -0.4 is 20.1 Å². The van der Waals surface area contributed by atoms with Crippen molar-refractivity contribution >= 4 is 39.2 Å². The Kier molecular flexibility index (Phi) is 8.26. The summed E-state index contributed by atoms with van der Waals surface area (Å²) >= 11 is 8.65. The summed E-state index contributed by atoms with van der Waals surface area (Å²) in [5.41, 5.74) is 1.52. The number of hydrogen-bond donors (Lipinski definition) is 2. The van der Waals surface area contributed by atoms with Gasteiger partial charge in [-0.05, 0) is 91.7 Å². The van der Waals surface area contributed by atoms with E-state index in [4.69, 9.17) is 21.7 Å². The number of benzene rings is 2. The van der Waals surface area contributed by atoms with Crippen LogP contribution in [0.2, 0.25) is 0 Å². The van der Waals surface area contributed by atoms with E-state index in [0.717, 1.165) is 15.8 Å². The maximum Gasteiger partial charge on any atom is 0.257 e. The second kappa shape index (κ2) is 10.4. The lowest BCUT2D eigenvalue weighted by atomic mass is 10.2. The Labute approximate surface area is 179 Å². The highest BCUT2D eigenvalue weighted by atomic mass is 79.9. The molecule has 150 valence electrons. The van der Waals surface area contributed by atoms with Crippen LogP contribution in [-0.2, 0) is 6.54 Å². The number of hydrogen-bond acceptors (Lipinski definition) is 4. The summed E-state index contributed by atoms with van der Waals surface area (Å²) in [6, 6.07) is 12.9. The molecule has 2 aromatic rings. The molecule has 0 saturated heterocycles. The van der Waals surface area contributed by atoms with E-state index in [1.807, 2.05) is 52.0 Å². The van der Waals surface area contributed by atoms with Crippen LogP contribution >= 0.6 is 28.1 Å². The molecule has 28 heavy (non-hydrogen) atoms. The standard InChI is InChI=1S/C21H25BrN2O3S/c1-13(2)26-17-8-5-15(6-9-17)12-23-21(28)24-20(25)16-7-10-19(18(22)11-16)27-14(3)4/h5-11,13-14H,12H2,1-4H3,(H2,23,24,25,28). The summed E-state index contributed by atoms with van der Waals surface area (Å²) in [6.07, 6.45) is 0.191. The number of rotatable bonds is 7. The third-order valence-electron chi connectivity index (χ3n) is 3.53. The number of ether oxygens (including phenoxy) is 2. The van der Waals surface area contributed by atoms with Gasteiger partial charge in [0.1, 0.15) is 11.5 Å². The van der Waals surface area contributed by atoms with Gasteiger partial charge >= 0.3 is 0 Å². The molecule has 0 saturated carbocycles. The molecule has 0 bridgehead atoms. The fourth-order valence-electron chi connectivity index (χ4n) is 2.35. The van der Waals surface area contributed by atoms with Gasteiger partial charge in [0, 0.05) is 12.1 Å². The normalized spacial score (nSPS) is 10.7. The van der Waals surface area contributed by atoms with Crippen LogP contribution in [0.15, 0.2) is 46.9 Å². The van der Waals surface area contributed by atoms with Crippen LogP contribution in [0.25, 0.3) is 0 Å². The highest BCUT2D eigenvalue weighted by molar-refractivity contribution is 9.10. The summed E-state index contributed by atoms with van der Waals surface area (Å²) in [5, 5.41) is 5.99. The van der Waals surface area contributed by atoms with Crippen LogP contribution in [0.5, 0.6) is 11.5 Å². The summed E-state index contributed by atoms with van der Waals surface area (Å²) < 4.78 is 12.0. The maximum absolute atomic E-state index is 12.4. The molecule has 0 atom stereocenters. The number of carbonyl (C=O) groups is 1. The predicted octanol–water partition coefficient (Wildman–Crippen LogP) is 4.83. The van der Waals surface area contributed by atoms with Crippen molar-refractivity contribution < 1.29 is 14.3 Å². The zero-order chi connectivity index (χ0) is 20.7. The lowest BCUT2D eigenvalue weighted by molar-refractivity contribution is 0.0976. The predicted molar refractivity (Wildman–Crippen MR) is 119 cm³/mol. The third kappa shape index (κ3) is 7.13. The van der Waals surface area contributed by atoms with Gasteiger partial charge in [-0.2, -0.15) is 0 Å². The second-order valence-corrected chi connectivity index (χ2v) is 8.02. The van der Waals surface area contributed by atoms with Gasteiger partial charge in [0.2, 0.25) is 0 Å². The second-order valence-electron chi connectivity index (χ2n) is 6.76. The van der Waals surface area contributed by atoms with Crippen LogP contribution in [0.3, 0.4) is 0 Å². The number of thiocarbonyl (C=S) groups is 1. The van der Waals surface area contributed by atoms with Gasteiger partial charge in [-0.3, -0.25) is 10.1 Å². The van der Waals surface area contributed by atoms with E-state index >= 15 is 0 Å². The summed E-state index contributed by atoms with van der Waals surface area (Å²) in [6.45, 7) is 8.37. The zero-order valence-corrected chi connectivity index (χ0v) is 18.8. The average molecular weight is 465 g/mol. The molecule has 0 fully saturated rings. The van der Waals surface area contributed by atoms with Crippen molar-refractivity contribution in [3.05, 3.63) is 58.1 Å². The molecule has 0 radical (unpaired) electrons. The van der Waals surface area contributed by atoms with Crippen LogP contribution in [0, 0.1) is 0 Å². The van der Waals surface area contributed by atoms with E-state index in [1.54, 1.807) is 18.2 Å². The van der Waals surface area contributed by atoms with Crippen molar-refractivity contribution in [1.82, 2.24) is 10.6 Å². The number of amides is 1. The van der Waals surface area contributed by atoms with Gasteiger partial charge in [0.25, 0.3) is 5.91 Å². The topological polar surface area (TPSA) is 59.6 Å². The van der Waals surface area contributed by atoms with Crippen molar-refractivity contribution in [1.29, 1.82) is 0 Å². The minimum Gasteiger partial charge on any atom is -0.491 e. The van der Waals surface area contributed by atoms with Crippen molar-refractivity contribution in [2.75, 3.05) is 0 Å². The molecule has 0 unspecified atom stereocenters. The first-order chi connectivity index (χ1) is 13.2. The largest absolute Gasteiger partial charge is 0.491 e. The molecule has 7 heteroatoms. The molecule has 0 aliphatic carbocycles. The molecule has 2 aromatic carbocycles. The van der Waals surface area contributed by atoms with Crippen LogP contribution in [0.1, 0.15) is 43.6 Å². The molecule has 0 heterocycles. The highest BCUT2D eigenvalue weighted by Gasteiger charge is 2.11. The van der Waals surface area contributed by atoms with Gasteiger partial charge in [-0.25, -0.2) is 0 Å². The minimum absolute atomic E-state index is 0.0544. The van der Waals surface area contributed by atoms with Crippen LogP contribution in [0.4, 0.5) is 0 Å². The number of nitrogens with one attached hydrogen (secondary N) is 2. The van der Waals surface area contributed by atoms with Crippen molar-refractivity contribution in [3.63, 3.8) is 0 Å².